The summed E-state index contributed by atoms with van der Waals surface area (Å²) in [5.74, 6) is 1.44. The molecule has 0 atom stereocenters. The fraction of sp³-hybridized carbons (Fsp3) is 0.273. The van der Waals surface area contributed by atoms with Crippen molar-refractivity contribution in [1.29, 1.82) is 0 Å². The average molecular weight is 440 g/mol. The number of anilines is 1. The van der Waals surface area contributed by atoms with Crippen LogP contribution < -0.4 is 15.0 Å². The zero-order chi connectivity index (χ0) is 19.3. The first kappa shape index (κ1) is 18.7. The summed E-state index contributed by atoms with van der Waals surface area (Å²) < 4.78 is 6.79. The van der Waals surface area contributed by atoms with E-state index in [0.29, 0.717) is 12.3 Å². The molecule has 144 valence electrons. The zero-order valence-corrected chi connectivity index (χ0v) is 17.1. The highest BCUT2D eigenvalue weighted by atomic mass is 79.9. The molecule has 0 bridgehead atoms. The van der Waals surface area contributed by atoms with Crippen molar-refractivity contribution in [3.05, 3.63) is 64.6 Å². The number of rotatable bonds is 6. The Kier molecular flexibility index (Phi) is 5.76. The Labute approximate surface area is 172 Å². The summed E-state index contributed by atoms with van der Waals surface area (Å²) in [5.41, 5.74) is 1.82. The number of fused-ring (bicyclic) bond motifs is 1. The number of nitrogens with one attached hydrogen (secondary N) is 1. The van der Waals surface area contributed by atoms with Crippen LogP contribution in [0, 0.1) is 0 Å². The minimum absolute atomic E-state index is 0.0425. The maximum Gasteiger partial charge on any atom is 0.258 e. The van der Waals surface area contributed by atoms with Gasteiger partial charge < -0.3 is 15.0 Å². The number of nitrogens with zero attached hydrogens (tertiary/aromatic N) is 2. The molecule has 0 saturated carbocycles. The lowest BCUT2D eigenvalue weighted by molar-refractivity contribution is -0.123. The largest absolute Gasteiger partial charge is 0.481 e. The molecule has 1 saturated heterocycles. The van der Waals surface area contributed by atoms with Crippen molar-refractivity contribution < 1.29 is 9.53 Å². The van der Waals surface area contributed by atoms with Gasteiger partial charge >= 0.3 is 0 Å². The van der Waals surface area contributed by atoms with Crippen molar-refractivity contribution in [1.82, 2.24) is 10.3 Å². The molecule has 0 radical (unpaired) electrons. The lowest BCUT2D eigenvalue weighted by atomic mass is 10.2. The van der Waals surface area contributed by atoms with Gasteiger partial charge in [-0.2, -0.15) is 0 Å². The summed E-state index contributed by atoms with van der Waals surface area (Å²) in [7, 11) is 0. The Morgan fingerprint density at radius 1 is 1.07 bits per heavy atom. The topological polar surface area (TPSA) is 54.5 Å². The third-order valence-electron chi connectivity index (χ3n) is 4.89. The van der Waals surface area contributed by atoms with Crippen LogP contribution in [0.3, 0.4) is 0 Å². The van der Waals surface area contributed by atoms with Crippen LogP contribution in [-0.2, 0) is 11.3 Å². The van der Waals surface area contributed by atoms with Gasteiger partial charge in [0.2, 0.25) is 0 Å². The second-order valence-electron chi connectivity index (χ2n) is 6.85. The van der Waals surface area contributed by atoms with Crippen LogP contribution in [-0.4, -0.2) is 30.6 Å². The molecule has 1 aromatic heterocycles. The number of benzene rings is 2. The summed E-state index contributed by atoms with van der Waals surface area (Å²) in [6, 6.07) is 17.7. The molecule has 5 nitrogen and oxygen atoms in total. The van der Waals surface area contributed by atoms with Crippen LogP contribution in [0.25, 0.3) is 10.9 Å². The maximum atomic E-state index is 12.2. The lowest BCUT2D eigenvalue weighted by Crippen LogP contribution is -2.28. The van der Waals surface area contributed by atoms with Crippen LogP contribution in [0.1, 0.15) is 18.4 Å². The average Bonchev–Trinajstić information content (AvgIpc) is 3.26. The van der Waals surface area contributed by atoms with Crippen molar-refractivity contribution >= 4 is 38.6 Å². The fourth-order valence-electron chi connectivity index (χ4n) is 3.38. The van der Waals surface area contributed by atoms with Crippen molar-refractivity contribution in [3.63, 3.8) is 0 Å². The molecule has 2 heterocycles. The predicted molar refractivity (Wildman–Crippen MR) is 115 cm³/mol. The Balaban J connectivity index is 1.43. The van der Waals surface area contributed by atoms with Gasteiger partial charge in [-0.15, -0.1) is 0 Å². The number of carbonyl (C=O) groups excluding carboxylic acids is 1. The van der Waals surface area contributed by atoms with Crippen LogP contribution >= 0.6 is 15.9 Å². The van der Waals surface area contributed by atoms with Crippen LogP contribution in [0.4, 0.5) is 5.82 Å². The number of carbonyl (C=O) groups is 1. The van der Waals surface area contributed by atoms with E-state index in [1.165, 1.54) is 12.8 Å². The molecule has 0 aliphatic carbocycles. The zero-order valence-electron chi connectivity index (χ0n) is 15.5. The molecule has 2 aromatic carbocycles. The van der Waals surface area contributed by atoms with E-state index in [0.717, 1.165) is 39.8 Å². The number of hydrogen-bond donors (Lipinski definition) is 1. The number of halogens is 1. The minimum Gasteiger partial charge on any atom is -0.481 e. The van der Waals surface area contributed by atoms with E-state index in [9.17, 15) is 4.79 Å². The number of para-hydroxylation sites is 1. The van der Waals surface area contributed by atoms with Crippen molar-refractivity contribution in [2.24, 2.45) is 0 Å². The lowest BCUT2D eigenvalue weighted by Gasteiger charge is -2.17. The van der Waals surface area contributed by atoms with E-state index in [-0.39, 0.29) is 12.5 Å². The highest BCUT2D eigenvalue weighted by molar-refractivity contribution is 9.10. The summed E-state index contributed by atoms with van der Waals surface area (Å²) in [5, 5.41) is 3.90. The first-order valence-electron chi connectivity index (χ1n) is 9.48. The SMILES string of the molecule is O=C(COc1cccc2ccc(N3CCCC3)nc12)NCc1ccccc1Br. The first-order valence-corrected chi connectivity index (χ1v) is 10.3. The maximum absolute atomic E-state index is 12.2. The minimum atomic E-state index is -0.163. The van der Waals surface area contributed by atoms with Gasteiger partial charge in [0.15, 0.2) is 6.61 Å². The third kappa shape index (κ3) is 4.28. The standard InChI is InChI=1S/C22H22BrN3O2/c23-18-8-2-1-6-17(18)14-24-21(27)15-28-19-9-5-7-16-10-11-20(25-22(16)19)26-12-3-4-13-26/h1-2,5-11H,3-4,12-15H2,(H,24,27). The summed E-state index contributed by atoms with van der Waals surface area (Å²) in [4.78, 5) is 19.3. The normalized spacial score (nSPS) is 13.7. The van der Waals surface area contributed by atoms with E-state index in [1.807, 2.05) is 42.5 Å². The van der Waals surface area contributed by atoms with E-state index in [4.69, 9.17) is 9.72 Å². The fourth-order valence-corrected chi connectivity index (χ4v) is 3.80. The van der Waals surface area contributed by atoms with Crippen molar-refractivity contribution in [2.75, 3.05) is 24.6 Å². The highest BCUT2D eigenvalue weighted by Crippen LogP contribution is 2.27. The van der Waals surface area contributed by atoms with E-state index in [2.05, 4.69) is 38.3 Å². The van der Waals surface area contributed by atoms with E-state index < -0.39 is 0 Å². The number of ether oxygens (including phenoxy) is 1. The molecule has 1 N–H and O–H groups in total. The molecule has 1 fully saturated rings. The number of aromatic nitrogens is 1. The second kappa shape index (κ2) is 8.61. The first-order chi connectivity index (χ1) is 13.7. The molecular formula is C22H22BrN3O2. The number of amides is 1. The Morgan fingerprint density at radius 2 is 1.89 bits per heavy atom. The van der Waals surface area contributed by atoms with Crippen LogP contribution in [0.2, 0.25) is 0 Å². The Bertz CT molecular complexity index is 986. The molecular weight excluding hydrogens is 418 g/mol. The molecule has 1 amide bonds. The number of hydrogen-bond acceptors (Lipinski definition) is 4. The second-order valence-corrected chi connectivity index (χ2v) is 7.70. The monoisotopic (exact) mass is 439 g/mol. The van der Waals surface area contributed by atoms with Gasteiger partial charge in [-0.1, -0.05) is 46.3 Å². The van der Waals surface area contributed by atoms with E-state index in [1.54, 1.807) is 0 Å². The van der Waals surface area contributed by atoms with Crippen molar-refractivity contribution in [2.45, 2.75) is 19.4 Å². The third-order valence-corrected chi connectivity index (χ3v) is 5.66. The summed E-state index contributed by atoms with van der Waals surface area (Å²) >= 11 is 3.49. The molecule has 1 aliphatic heterocycles. The molecule has 6 heteroatoms. The molecule has 0 spiro atoms. The van der Waals surface area contributed by atoms with Gasteiger partial charge in [0.1, 0.15) is 17.1 Å². The molecule has 1 aliphatic rings. The summed E-state index contributed by atoms with van der Waals surface area (Å²) in [6.45, 7) is 2.49. The van der Waals surface area contributed by atoms with Gasteiger partial charge in [-0.3, -0.25) is 4.79 Å². The summed E-state index contributed by atoms with van der Waals surface area (Å²) in [6.07, 6.45) is 2.41. The van der Waals surface area contributed by atoms with Crippen molar-refractivity contribution in [3.8, 4) is 5.75 Å². The van der Waals surface area contributed by atoms with Gasteiger partial charge in [0.25, 0.3) is 5.91 Å². The predicted octanol–water partition coefficient (Wildman–Crippen LogP) is 4.29. The van der Waals surface area contributed by atoms with Crippen LogP contribution in [0.5, 0.6) is 5.75 Å². The van der Waals surface area contributed by atoms with Gasteiger partial charge in [-0.05, 0) is 42.7 Å². The molecule has 28 heavy (non-hydrogen) atoms. The quantitative estimate of drug-likeness (QED) is 0.622. The van der Waals surface area contributed by atoms with E-state index >= 15 is 0 Å². The molecule has 4 rings (SSSR count). The van der Waals surface area contributed by atoms with Crippen LogP contribution in [0.15, 0.2) is 59.1 Å². The van der Waals surface area contributed by atoms with Gasteiger partial charge in [0, 0.05) is 29.5 Å². The highest BCUT2D eigenvalue weighted by Gasteiger charge is 2.15. The van der Waals surface area contributed by atoms with Gasteiger partial charge in [-0.25, -0.2) is 4.98 Å². The smallest absolute Gasteiger partial charge is 0.258 e. The Hall–Kier alpha value is -2.60. The number of pyridine rings is 1. The van der Waals surface area contributed by atoms with Gasteiger partial charge in [0.05, 0.1) is 0 Å². The molecule has 0 unspecified atom stereocenters. The molecule has 3 aromatic rings. The Morgan fingerprint density at radius 3 is 2.71 bits per heavy atom.